The van der Waals surface area contributed by atoms with Crippen LogP contribution in [0.2, 0.25) is 5.02 Å². The molecule has 0 saturated carbocycles. The van der Waals surface area contributed by atoms with Gasteiger partial charge in [-0.1, -0.05) is 62.2 Å². The highest BCUT2D eigenvalue weighted by atomic mass is 35.5. The number of carbonyl (C=O) groups excluding carboxylic acids is 2. The van der Waals surface area contributed by atoms with Gasteiger partial charge in [-0.15, -0.1) is 0 Å². The van der Waals surface area contributed by atoms with Crippen molar-refractivity contribution < 1.29 is 22.4 Å². The fraction of sp³-hybridized carbons (Fsp3) is 0.440. The van der Waals surface area contributed by atoms with Crippen molar-refractivity contribution in [3.05, 3.63) is 64.4 Å². The Hall–Kier alpha value is -2.65. The molecule has 0 unspecified atom stereocenters. The smallest absolute Gasteiger partial charge is 0.244 e. The molecule has 7 nitrogen and oxygen atoms in total. The molecule has 2 rings (SSSR count). The number of aryl methyl sites for hydroxylation is 1. The highest BCUT2D eigenvalue weighted by Crippen LogP contribution is 2.25. The van der Waals surface area contributed by atoms with Crippen molar-refractivity contribution in [2.75, 3.05) is 23.7 Å². The molecule has 192 valence electrons. The number of hydrogen-bond acceptors (Lipinski definition) is 4. The summed E-state index contributed by atoms with van der Waals surface area (Å²) in [6.45, 7) is 7.65. The topological polar surface area (TPSA) is 86.8 Å². The zero-order valence-corrected chi connectivity index (χ0v) is 22.3. The average molecular weight is 526 g/mol. The molecule has 0 aliphatic heterocycles. The molecule has 0 aliphatic rings. The molecule has 0 saturated heterocycles. The Morgan fingerprint density at radius 2 is 1.83 bits per heavy atom. The number of rotatable bonds is 11. The molecular formula is C25H33ClFN3O4S. The molecule has 0 bridgehead atoms. The number of benzene rings is 2. The van der Waals surface area contributed by atoms with Crippen LogP contribution >= 0.6 is 11.6 Å². The van der Waals surface area contributed by atoms with E-state index in [-0.39, 0.29) is 29.1 Å². The molecule has 0 aromatic heterocycles. The van der Waals surface area contributed by atoms with Crippen molar-refractivity contribution in [1.82, 2.24) is 10.2 Å². The molecule has 1 atom stereocenters. The molecule has 0 aliphatic carbocycles. The quantitative estimate of drug-likeness (QED) is 0.478. The lowest BCUT2D eigenvalue weighted by Gasteiger charge is -2.33. The fourth-order valence-electron chi connectivity index (χ4n) is 3.60. The van der Waals surface area contributed by atoms with Gasteiger partial charge in [-0.2, -0.15) is 0 Å². The van der Waals surface area contributed by atoms with Crippen molar-refractivity contribution >= 4 is 39.1 Å². The first kappa shape index (κ1) is 28.6. The maximum Gasteiger partial charge on any atom is 0.244 e. The standard InChI is InChI=1S/C25H33ClFN3O4S/c1-6-23(25(32)28-14-17(2)3)29(15-19-9-7-8-18(4)12-19)24(31)16-30(35(5,33)34)20-10-11-22(27)21(26)13-20/h7-13,17,23H,6,14-16H2,1-5H3,(H,28,32)/t23-/m1/s1. The van der Waals surface area contributed by atoms with Gasteiger partial charge in [0.2, 0.25) is 21.8 Å². The van der Waals surface area contributed by atoms with E-state index in [0.29, 0.717) is 13.0 Å². The highest BCUT2D eigenvalue weighted by Gasteiger charge is 2.32. The van der Waals surface area contributed by atoms with Crippen LogP contribution in [0.25, 0.3) is 0 Å². The van der Waals surface area contributed by atoms with Gasteiger partial charge in [-0.25, -0.2) is 12.8 Å². The molecule has 2 aromatic carbocycles. The van der Waals surface area contributed by atoms with Gasteiger partial charge in [0, 0.05) is 13.1 Å². The zero-order valence-electron chi connectivity index (χ0n) is 20.7. The number of nitrogens with one attached hydrogen (secondary N) is 1. The van der Waals surface area contributed by atoms with E-state index in [4.69, 9.17) is 11.6 Å². The van der Waals surface area contributed by atoms with Gasteiger partial charge >= 0.3 is 0 Å². The minimum atomic E-state index is -3.93. The second-order valence-electron chi connectivity index (χ2n) is 8.94. The van der Waals surface area contributed by atoms with E-state index in [0.717, 1.165) is 33.8 Å². The summed E-state index contributed by atoms with van der Waals surface area (Å²) in [6.07, 6.45) is 1.29. The van der Waals surface area contributed by atoms with Crippen LogP contribution in [0.5, 0.6) is 0 Å². The van der Waals surface area contributed by atoms with E-state index < -0.39 is 34.3 Å². The Balaban J connectivity index is 2.44. The van der Waals surface area contributed by atoms with Gasteiger partial charge in [-0.3, -0.25) is 13.9 Å². The zero-order chi connectivity index (χ0) is 26.3. The second kappa shape index (κ2) is 12.4. The van der Waals surface area contributed by atoms with Crippen LogP contribution in [0.15, 0.2) is 42.5 Å². The monoisotopic (exact) mass is 525 g/mol. The molecule has 35 heavy (non-hydrogen) atoms. The summed E-state index contributed by atoms with van der Waals surface area (Å²) in [5.74, 6) is -1.35. The van der Waals surface area contributed by atoms with Crippen molar-refractivity contribution in [2.45, 2.75) is 46.7 Å². The maximum atomic E-state index is 13.7. The number of carbonyl (C=O) groups is 2. The van der Waals surface area contributed by atoms with Crippen LogP contribution in [-0.4, -0.2) is 50.5 Å². The second-order valence-corrected chi connectivity index (χ2v) is 11.3. The van der Waals surface area contributed by atoms with E-state index >= 15 is 0 Å². The lowest BCUT2D eigenvalue weighted by atomic mass is 10.1. The SMILES string of the molecule is CC[C@H](C(=O)NCC(C)C)N(Cc1cccc(C)c1)C(=O)CN(c1ccc(F)c(Cl)c1)S(C)(=O)=O. The van der Waals surface area contributed by atoms with Gasteiger partial charge < -0.3 is 10.2 Å². The Bertz CT molecular complexity index is 1160. The minimum absolute atomic E-state index is 0.0556. The molecule has 2 aromatic rings. The van der Waals surface area contributed by atoms with Gasteiger partial charge in [-0.05, 0) is 43.0 Å². The van der Waals surface area contributed by atoms with Crippen LogP contribution in [0, 0.1) is 18.7 Å². The van der Waals surface area contributed by atoms with Crippen molar-refractivity contribution in [3.63, 3.8) is 0 Å². The van der Waals surface area contributed by atoms with E-state index in [1.165, 1.54) is 11.0 Å². The van der Waals surface area contributed by atoms with E-state index in [1.807, 2.05) is 45.0 Å². The Kier molecular flexibility index (Phi) is 10.1. The number of amides is 2. The highest BCUT2D eigenvalue weighted by molar-refractivity contribution is 7.92. The Labute approximate surface area is 212 Å². The van der Waals surface area contributed by atoms with Crippen LogP contribution in [-0.2, 0) is 26.2 Å². The minimum Gasteiger partial charge on any atom is -0.354 e. The third-order valence-electron chi connectivity index (χ3n) is 5.38. The molecule has 1 N–H and O–H groups in total. The Morgan fingerprint density at radius 1 is 1.14 bits per heavy atom. The summed E-state index contributed by atoms with van der Waals surface area (Å²) in [5, 5.41) is 2.61. The first-order valence-corrected chi connectivity index (χ1v) is 13.6. The fourth-order valence-corrected chi connectivity index (χ4v) is 4.62. The number of nitrogens with zero attached hydrogens (tertiary/aromatic N) is 2. The van der Waals surface area contributed by atoms with Gasteiger partial charge in [0.05, 0.1) is 17.0 Å². The molecule has 0 heterocycles. The summed E-state index contributed by atoms with van der Waals surface area (Å²) in [5.41, 5.74) is 1.86. The largest absolute Gasteiger partial charge is 0.354 e. The molecule has 0 radical (unpaired) electrons. The summed E-state index contributed by atoms with van der Waals surface area (Å²) >= 11 is 5.86. The van der Waals surface area contributed by atoms with Crippen LogP contribution in [0.4, 0.5) is 10.1 Å². The van der Waals surface area contributed by atoms with E-state index in [1.54, 1.807) is 6.92 Å². The average Bonchev–Trinajstić information content (AvgIpc) is 2.77. The molecule has 0 spiro atoms. The van der Waals surface area contributed by atoms with Crippen molar-refractivity contribution in [1.29, 1.82) is 0 Å². The van der Waals surface area contributed by atoms with E-state index in [9.17, 15) is 22.4 Å². The van der Waals surface area contributed by atoms with Crippen LogP contribution in [0.3, 0.4) is 0 Å². The third kappa shape index (κ3) is 8.21. The summed E-state index contributed by atoms with van der Waals surface area (Å²) in [7, 11) is -3.93. The number of sulfonamides is 1. The number of anilines is 1. The van der Waals surface area contributed by atoms with Gasteiger partial charge in [0.1, 0.15) is 18.4 Å². The van der Waals surface area contributed by atoms with Gasteiger partial charge in [0.25, 0.3) is 0 Å². The third-order valence-corrected chi connectivity index (χ3v) is 6.81. The lowest BCUT2D eigenvalue weighted by molar-refractivity contribution is -0.140. The van der Waals surface area contributed by atoms with Crippen molar-refractivity contribution in [2.24, 2.45) is 5.92 Å². The maximum absolute atomic E-state index is 13.7. The van der Waals surface area contributed by atoms with E-state index in [2.05, 4.69) is 5.32 Å². The summed E-state index contributed by atoms with van der Waals surface area (Å²) in [4.78, 5) is 28.0. The first-order chi connectivity index (χ1) is 16.3. The lowest BCUT2D eigenvalue weighted by Crippen LogP contribution is -2.52. The summed E-state index contributed by atoms with van der Waals surface area (Å²) < 4.78 is 39.7. The molecule has 10 heteroatoms. The molecule has 0 fully saturated rings. The number of halogens is 2. The molecular weight excluding hydrogens is 493 g/mol. The normalized spacial score (nSPS) is 12.3. The van der Waals surface area contributed by atoms with Gasteiger partial charge in [0.15, 0.2) is 0 Å². The number of hydrogen-bond donors (Lipinski definition) is 1. The summed E-state index contributed by atoms with van der Waals surface area (Å²) in [6, 6.07) is 10.2. The predicted molar refractivity (Wildman–Crippen MR) is 137 cm³/mol. The van der Waals surface area contributed by atoms with Crippen molar-refractivity contribution in [3.8, 4) is 0 Å². The molecule has 2 amide bonds. The Morgan fingerprint density at radius 3 is 2.37 bits per heavy atom. The first-order valence-electron chi connectivity index (χ1n) is 11.4. The predicted octanol–water partition coefficient (Wildman–Crippen LogP) is 4.13. The van der Waals surface area contributed by atoms with Crippen LogP contribution < -0.4 is 9.62 Å². The van der Waals surface area contributed by atoms with Crippen LogP contribution in [0.1, 0.15) is 38.3 Å².